The summed E-state index contributed by atoms with van der Waals surface area (Å²) in [5.41, 5.74) is 1.13. The quantitative estimate of drug-likeness (QED) is 0.383. The molecule has 0 aliphatic carbocycles. The summed E-state index contributed by atoms with van der Waals surface area (Å²) in [6, 6.07) is 19.7. The number of para-hydroxylation sites is 1. The number of hydrogen-bond donors (Lipinski definition) is 4. The monoisotopic (exact) mass is 434 g/mol. The Labute approximate surface area is 184 Å². The number of ether oxygens (including phenoxy) is 1. The van der Waals surface area contributed by atoms with Crippen molar-refractivity contribution in [2.24, 2.45) is 0 Å². The molecule has 0 aliphatic rings. The van der Waals surface area contributed by atoms with Crippen LogP contribution in [0, 0.1) is 0 Å². The molecule has 0 saturated carbocycles. The molecular weight excluding hydrogens is 412 g/mol. The molecule has 0 bridgehead atoms. The second-order valence-corrected chi connectivity index (χ2v) is 6.88. The van der Waals surface area contributed by atoms with Crippen LogP contribution in [0.25, 0.3) is 0 Å². The summed E-state index contributed by atoms with van der Waals surface area (Å²) < 4.78 is 5.49. The predicted octanol–water partition coefficient (Wildman–Crippen LogP) is 3.43. The van der Waals surface area contributed by atoms with E-state index in [0.717, 1.165) is 5.56 Å². The topological polar surface area (TPSA) is 125 Å². The van der Waals surface area contributed by atoms with E-state index in [4.69, 9.17) is 9.84 Å². The SMILES string of the molecule is O=C(CCOc1ccccc1)NCc1ccc(C(=O)Nc2ccc(O)c(C(=O)O)c2)cc1. The zero-order valence-corrected chi connectivity index (χ0v) is 17.1. The van der Waals surface area contributed by atoms with Crippen molar-refractivity contribution in [3.05, 3.63) is 89.5 Å². The summed E-state index contributed by atoms with van der Waals surface area (Å²) in [5, 5.41) is 24.0. The molecule has 3 aromatic carbocycles. The zero-order chi connectivity index (χ0) is 22.9. The number of phenols is 1. The van der Waals surface area contributed by atoms with Crippen molar-refractivity contribution in [1.82, 2.24) is 5.32 Å². The zero-order valence-electron chi connectivity index (χ0n) is 17.1. The molecule has 0 unspecified atom stereocenters. The highest BCUT2D eigenvalue weighted by Gasteiger charge is 2.12. The van der Waals surface area contributed by atoms with Crippen LogP contribution in [0.15, 0.2) is 72.8 Å². The highest BCUT2D eigenvalue weighted by atomic mass is 16.5. The fourth-order valence-corrected chi connectivity index (χ4v) is 2.83. The van der Waals surface area contributed by atoms with Crippen molar-refractivity contribution < 1.29 is 29.3 Å². The number of carbonyl (C=O) groups is 3. The number of amides is 2. The molecule has 0 aromatic heterocycles. The molecule has 3 aromatic rings. The van der Waals surface area contributed by atoms with Gasteiger partial charge in [0, 0.05) is 17.8 Å². The molecule has 8 heteroatoms. The van der Waals surface area contributed by atoms with E-state index in [1.54, 1.807) is 24.3 Å². The van der Waals surface area contributed by atoms with Gasteiger partial charge in [-0.15, -0.1) is 0 Å². The maximum Gasteiger partial charge on any atom is 0.339 e. The summed E-state index contributed by atoms with van der Waals surface area (Å²) in [4.78, 5) is 35.4. The van der Waals surface area contributed by atoms with E-state index >= 15 is 0 Å². The van der Waals surface area contributed by atoms with Crippen LogP contribution in [0.2, 0.25) is 0 Å². The van der Waals surface area contributed by atoms with Gasteiger partial charge < -0.3 is 25.6 Å². The lowest BCUT2D eigenvalue weighted by atomic mass is 10.1. The third-order valence-electron chi connectivity index (χ3n) is 4.53. The van der Waals surface area contributed by atoms with Crippen molar-refractivity contribution >= 4 is 23.5 Å². The molecule has 0 fully saturated rings. The van der Waals surface area contributed by atoms with Gasteiger partial charge in [0.25, 0.3) is 5.91 Å². The number of carboxylic acids is 1. The first-order valence-electron chi connectivity index (χ1n) is 9.83. The van der Waals surface area contributed by atoms with E-state index in [-0.39, 0.29) is 35.9 Å². The van der Waals surface area contributed by atoms with E-state index < -0.39 is 11.9 Å². The van der Waals surface area contributed by atoms with Crippen molar-refractivity contribution in [2.75, 3.05) is 11.9 Å². The number of carbonyl (C=O) groups excluding carboxylic acids is 2. The number of aromatic carboxylic acids is 1. The molecule has 8 nitrogen and oxygen atoms in total. The van der Waals surface area contributed by atoms with Gasteiger partial charge >= 0.3 is 5.97 Å². The van der Waals surface area contributed by atoms with Crippen molar-refractivity contribution in [3.8, 4) is 11.5 Å². The normalized spacial score (nSPS) is 10.2. The van der Waals surface area contributed by atoms with Crippen LogP contribution in [0.5, 0.6) is 11.5 Å². The molecule has 0 heterocycles. The summed E-state index contributed by atoms with van der Waals surface area (Å²) in [6.07, 6.45) is 0.223. The number of benzene rings is 3. The van der Waals surface area contributed by atoms with Crippen molar-refractivity contribution in [2.45, 2.75) is 13.0 Å². The van der Waals surface area contributed by atoms with Crippen LogP contribution in [0.3, 0.4) is 0 Å². The maximum absolute atomic E-state index is 12.4. The highest BCUT2D eigenvalue weighted by molar-refractivity contribution is 6.05. The minimum Gasteiger partial charge on any atom is -0.507 e. The Balaban J connectivity index is 1.47. The third kappa shape index (κ3) is 6.33. The van der Waals surface area contributed by atoms with E-state index in [2.05, 4.69) is 10.6 Å². The van der Waals surface area contributed by atoms with Gasteiger partial charge in [-0.25, -0.2) is 4.79 Å². The Hall–Kier alpha value is -4.33. The van der Waals surface area contributed by atoms with Crippen LogP contribution in [0.4, 0.5) is 5.69 Å². The fraction of sp³-hybridized carbons (Fsp3) is 0.125. The molecule has 0 aliphatic heterocycles. The van der Waals surface area contributed by atoms with Gasteiger partial charge in [0.05, 0.1) is 13.0 Å². The highest BCUT2D eigenvalue weighted by Crippen LogP contribution is 2.22. The maximum atomic E-state index is 12.4. The molecule has 0 spiro atoms. The lowest BCUT2D eigenvalue weighted by Gasteiger charge is -2.09. The molecule has 3 rings (SSSR count). The first-order chi connectivity index (χ1) is 15.4. The number of rotatable bonds is 9. The largest absolute Gasteiger partial charge is 0.507 e. The van der Waals surface area contributed by atoms with Gasteiger partial charge in [0.15, 0.2) is 0 Å². The van der Waals surface area contributed by atoms with E-state index in [9.17, 15) is 19.5 Å². The van der Waals surface area contributed by atoms with Crippen molar-refractivity contribution in [3.63, 3.8) is 0 Å². The lowest BCUT2D eigenvalue weighted by molar-refractivity contribution is -0.121. The smallest absolute Gasteiger partial charge is 0.339 e. The Morgan fingerprint density at radius 1 is 0.906 bits per heavy atom. The average molecular weight is 434 g/mol. The fourth-order valence-electron chi connectivity index (χ4n) is 2.83. The predicted molar refractivity (Wildman–Crippen MR) is 118 cm³/mol. The summed E-state index contributed by atoms with van der Waals surface area (Å²) in [7, 11) is 0. The first kappa shape index (κ1) is 22.4. The Kier molecular flexibility index (Phi) is 7.42. The second kappa shape index (κ2) is 10.6. The van der Waals surface area contributed by atoms with Crippen LogP contribution in [0.1, 0.15) is 32.7 Å². The first-order valence-corrected chi connectivity index (χ1v) is 9.83. The molecule has 32 heavy (non-hydrogen) atoms. The van der Waals surface area contributed by atoms with Gasteiger partial charge in [0.1, 0.15) is 17.1 Å². The van der Waals surface area contributed by atoms with Crippen molar-refractivity contribution in [1.29, 1.82) is 0 Å². The minimum atomic E-state index is -1.29. The number of hydrogen-bond acceptors (Lipinski definition) is 5. The number of carboxylic acid groups (broad SMARTS) is 1. The molecule has 164 valence electrons. The van der Waals surface area contributed by atoms with Crippen LogP contribution in [-0.4, -0.2) is 34.6 Å². The Morgan fingerprint density at radius 2 is 1.62 bits per heavy atom. The standard InChI is InChI=1S/C24H22N2O6/c27-21-11-10-18(14-20(21)24(30)31)26-23(29)17-8-6-16(7-9-17)15-25-22(28)12-13-32-19-4-2-1-3-5-19/h1-11,14,27H,12-13,15H2,(H,25,28)(H,26,29)(H,30,31). The van der Waals surface area contributed by atoms with Crippen LogP contribution < -0.4 is 15.4 Å². The van der Waals surface area contributed by atoms with Gasteiger partial charge in [-0.2, -0.15) is 0 Å². The molecule has 2 amide bonds. The number of aromatic hydroxyl groups is 1. The number of nitrogens with one attached hydrogen (secondary N) is 2. The van der Waals surface area contributed by atoms with E-state index in [0.29, 0.717) is 17.9 Å². The number of anilines is 1. The van der Waals surface area contributed by atoms with Gasteiger partial charge in [-0.1, -0.05) is 30.3 Å². The van der Waals surface area contributed by atoms with E-state index in [1.165, 1.54) is 18.2 Å². The van der Waals surface area contributed by atoms with E-state index in [1.807, 2.05) is 30.3 Å². The van der Waals surface area contributed by atoms with Crippen LogP contribution >= 0.6 is 0 Å². The van der Waals surface area contributed by atoms with Gasteiger partial charge in [0.2, 0.25) is 5.91 Å². The third-order valence-corrected chi connectivity index (χ3v) is 4.53. The van der Waals surface area contributed by atoms with Gasteiger partial charge in [-0.3, -0.25) is 9.59 Å². The average Bonchev–Trinajstić information content (AvgIpc) is 2.80. The van der Waals surface area contributed by atoms with Gasteiger partial charge in [-0.05, 0) is 48.0 Å². The molecule has 0 saturated heterocycles. The summed E-state index contributed by atoms with van der Waals surface area (Å²) in [6.45, 7) is 0.585. The van der Waals surface area contributed by atoms with Crippen LogP contribution in [-0.2, 0) is 11.3 Å². The Bertz CT molecular complexity index is 1100. The lowest BCUT2D eigenvalue weighted by Crippen LogP contribution is -2.24. The molecule has 0 radical (unpaired) electrons. The summed E-state index contributed by atoms with van der Waals surface area (Å²) >= 11 is 0. The molecule has 0 atom stereocenters. The second-order valence-electron chi connectivity index (χ2n) is 6.88. The molecular formula is C24H22N2O6. The Morgan fingerprint density at radius 3 is 2.31 bits per heavy atom. The summed E-state index contributed by atoms with van der Waals surface area (Å²) in [5.74, 6) is -1.55. The minimum absolute atomic E-state index is 0.149. The molecule has 4 N–H and O–H groups in total.